The molecule has 0 amide bonds. The fourth-order valence-electron chi connectivity index (χ4n) is 4.64. The van der Waals surface area contributed by atoms with E-state index >= 15 is 0 Å². The summed E-state index contributed by atoms with van der Waals surface area (Å²) >= 11 is 1.17. The average molecular weight is 621 g/mol. The van der Waals surface area contributed by atoms with Crippen LogP contribution in [0.25, 0.3) is 6.08 Å². The SMILES string of the molecule is CCOC(=O)C1=C(C)N=c2s/c(=C/c3ccc(OS(=O)(=O)c4ccccc4)c(OC)c3)c(=O)n2[C@H]1c1ccc(OC)cc1. The van der Waals surface area contributed by atoms with Gasteiger partial charge in [0.15, 0.2) is 16.3 Å². The van der Waals surface area contributed by atoms with Crippen molar-refractivity contribution in [3.8, 4) is 17.2 Å². The second kappa shape index (κ2) is 12.3. The van der Waals surface area contributed by atoms with Crippen LogP contribution in [0.4, 0.5) is 0 Å². The van der Waals surface area contributed by atoms with Gasteiger partial charge in [0.25, 0.3) is 5.56 Å². The molecule has 0 bridgehead atoms. The Balaban J connectivity index is 1.58. The molecule has 1 aliphatic rings. The highest BCUT2D eigenvalue weighted by atomic mass is 32.2. The molecular formula is C31H28N2O8S2. The molecule has 43 heavy (non-hydrogen) atoms. The number of methoxy groups -OCH3 is 2. The Morgan fingerprint density at radius 1 is 1.00 bits per heavy atom. The molecule has 0 spiro atoms. The average Bonchev–Trinajstić information content (AvgIpc) is 3.31. The van der Waals surface area contributed by atoms with Gasteiger partial charge in [0, 0.05) is 0 Å². The van der Waals surface area contributed by atoms with Crippen molar-refractivity contribution in [1.29, 1.82) is 0 Å². The summed E-state index contributed by atoms with van der Waals surface area (Å²) in [5, 5.41) is 0. The highest BCUT2D eigenvalue weighted by Crippen LogP contribution is 2.33. The molecule has 10 nitrogen and oxygen atoms in total. The number of ether oxygens (including phenoxy) is 3. The van der Waals surface area contributed by atoms with Crippen LogP contribution in [0.2, 0.25) is 0 Å². The van der Waals surface area contributed by atoms with Gasteiger partial charge in [-0.3, -0.25) is 9.36 Å². The van der Waals surface area contributed by atoms with E-state index in [0.29, 0.717) is 31.9 Å². The molecule has 0 saturated heterocycles. The van der Waals surface area contributed by atoms with Gasteiger partial charge < -0.3 is 18.4 Å². The number of rotatable bonds is 9. The molecule has 2 heterocycles. The van der Waals surface area contributed by atoms with Crippen LogP contribution in [0, 0.1) is 0 Å². The molecule has 0 unspecified atom stereocenters. The number of thiazole rings is 1. The lowest BCUT2D eigenvalue weighted by Crippen LogP contribution is -2.39. The lowest BCUT2D eigenvalue weighted by Gasteiger charge is -2.24. The lowest BCUT2D eigenvalue weighted by molar-refractivity contribution is -0.139. The molecule has 0 fully saturated rings. The Morgan fingerprint density at radius 2 is 1.72 bits per heavy atom. The molecule has 0 radical (unpaired) electrons. The first-order valence-corrected chi connectivity index (χ1v) is 15.4. The molecule has 0 aliphatic carbocycles. The van der Waals surface area contributed by atoms with E-state index in [1.54, 1.807) is 81.6 Å². The summed E-state index contributed by atoms with van der Waals surface area (Å²) in [4.78, 5) is 32.0. The van der Waals surface area contributed by atoms with E-state index in [1.165, 1.54) is 41.2 Å². The highest BCUT2D eigenvalue weighted by Gasteiger charge is 2.33. The van der Waals surface area contributed by atoms with Crippen LogP contribution >= 0.6 is 11.3 Å². The molecule has 0 saturated carbocycles. The Labute approximate surface area is 251 Å². The molecule has 3 aromatic carbocycles. The molecular weight excluding hydrogens is 592 g/mol. The summed E-state index contributed by atoms with van der Waals surface area (Å²) < 4.78 is 48.7. The highest BCUT2D eigenvalue weighted by molar-refractivity contribution is 7.87. The molecule has 1 aliphatic heterocycles. The van der Waals surface area contributed by atoms with Gasteiger partial charge in [-0.1, -0.05) is 47.7 Å². The summed E-state index contributed by atoms with van der Waals surface area (Å²) in [6.07, 6.45) is 1.65. The van der Waals surface area contributed by atoms with Gasteiger partial charge in [-0.05, 0) is 67.4 Å². The van der Waals surface area contributed by atoms with Crippen molar-refractivity contribution in [3.63, 3.8) is 0 Å². The van der Waals surface area contributed by atoms with Crippen molar-refractivity contribution in [1.82, 2.24) is 4.57 Å². The molecule has 1 aromatic heterocycles. The Bertz CT molecular complexity index is 2000. The topological polar surface area (TPSA) is 122 Å². The third-order valence-corrected chi connectivity index (χ3v) is 8.90. The van der Waals surface area contributed by atoms with Crippen LogP contribution < -0.4 is 28.5 Å². The first kappa shape index (κ1) is 29.8. The van der Waals surface area contributed by atoms with Gasteiger partial charge in [0.05, 0.1) is 42.7 Å². The van der Waals surface area contributed by atoms with Gasteiger partial charge >= 0.3 is 16.1 Å². The number of hydrogen-bond acceptors (Lipinski definition) is 10. The second-order valence-electron chi connectivity index (χ2n) is 9.34. The Hall–Kier alpha value is -4.68. The second-order valence-corrected chi connectivity index (χ2v) is 11.9. The van der Waals surface area contributed by atoms with E-state index in [0.717, 1.165) is 0 Å². The predicted molar refractivity (Wildman–Crippen MR) is 161 cm³/mol. The third kappa shape index (κ3) is 5.97. The number of hydrogen-bond donors (Lipinski definition) is 0. The maximum absolute atomic E-state index is 13.9. The number of fused-ring (bicyclic) bond motifs is 1. The zero-order valence-corrected chi connectivity index (χ0v) is 25.4. The van der Waals surface area contributed by atoms with Crippen LogP contribution in [0.3, 0.4) is 0 Å². The van der Waals surface area contributed by atoms with E-state index in [2.05, 4.69) is 4.99 Å². The van der Waals surface area contributed by atoms with Crippen molar-refractivity contribution in [3.05, 3.63) is 115 Å². The van der Waals surface area contributed by atoms with Crippen molar-refractivity contribution >= 4 is 33.5 Å². The number of nitrogens with zero attached hydrogens (tertiary/aromatic N) is 2. The van der Waals surface area contributed by atoms with Crippen molar-refractivity contribution in [2.75, 3.05) is 20.8 Å². The van der Waals surface area contributed by atoms with Crippen LogP contribution in [0.15, 0.2) is 98.7 Å². The van der Waals surface area contributed by atoms with Gasteiger partial charge in [-0.25, -0.2) is 9.79 Å². The summed E-state index contributed by atoms with van der Waals surface area (Å²) in [6.45, 7) is 3.60. The maximum atomic E-state index is 13.9. The van der Waals surface area contributed by atoms with E-state index in [1.807, 2.05) is 0 Å². The third-order valence-electron chi connectivity index (χ3n) is 6.67. The predicted octanol–water partition coefficient (Wildman–Crippen LogP) is 3.58. The molecule has 0 N–H and O–H groups in total. The zero-order valence-electron chi connectivity index (χ0n) is 23.8. The largest absolute Gasteiger partial charge is 0.497 e. The molecule has 5 rings (SSSR count). The number of allylic oxidation sites excluding steroid dienone is 1. The van der Waals surface area contributed by atoms with Gasteiger partial charge in [-0.2, -0.15) is 8.42 Å². The number of carbonyl (C=O) groups excluding carboxylic acids is 1. The summed E-state index contributed by atoms with van der Waals surface area (Å²) in [6, 6.07) is 18.8. The Morgan fingerprint density at radius 3 is 2.37 bits per heavy atom. The number of aromatic nitrogens is 1. The smallest absolute Gasteiger partial charge is 0.339 e. The van der Waals surface area contributed by atoms with Gasteiger partial charge in [-0.15, -0.1) is 0 Å². The normalized spacial score (nSPS) is 15.0. The van der Waals surface area contributed by atoms with Crippen LogP contribution in [0.1, 0.15) is 31.0 Å². The first-order chi connectivity index (χ1) is 20.7. The van der Waals surface area contributed by atoms with Gasteiger partial charge in [0.1, 0.15) is 10.6 Å². The van der Waals surface area contributed by atoms with Crippen LogP contribution in [-0.4, -0.2) is 39.8 Å². The van der Waals surface area contributed by atoms with E-state index in [4.69, 9.17) is 18.4 Å². The fraction of sp³-hybridized carbons (Fsp3) is 0.194. The summed E-state index contributed by atoms with van der Waals surface area (Å²) in [5.74, 6) is 0.244. The lowest BCUT2D eigenvalue weighted by atomic mass is 9.96. The minimum atomic E-state index is -4.09. The van der Waals surface area contributed by atoms with E-state index < -0.39 is 22.1 Å². The van der Waals surface area contributed by atoms with Crippen molar-refractivity contribution in [2.24, 2.45) is 4.99 Å². The molecule has 222 valence electrons. The molecule has 1 atom stereocenters. The van der Waals surface area contributed by atoms with E-state index in [-0.39, 0.29) is 34.1 Å². The zero-order chi connectivity index (χ0) is 30.7. The standard InChI is InChI=1S/C31H28N2O8S2/c1-5-40-30(35)27-19(2)32-31-33(28(27)21-12-14-22(38-3)15-13-21)29(34)26(42-31)18-20-11-16-24(25(17-20)39-4)41-43(36,37)23-9-7-6-8-10-23/h6-18,28H,5H2,1-4H3/b26-18+/t28-/m0/s1. The Kier molecular flexibility index (Phi) is 8.51. The number of benzene rings is 3. The van der Waals surface area contributed by atoms with Gasteiger partial charge in [0.2, 0.25) is 0 Å². The summed E-state index contributed by atoms with van der Waals surface area (Å²) in [5.41, 5.74) is 1.62. The quantitative estimate of drug-likeness (QED) is 0.206. The van der Waals surface area contributed by atoms with Crippen LogP contribution in [-0.2, 0) is 19.6 Å². The summed E-state index contributed by atoms with van der Waals surface area (Å²) in [7, 11) is -1.14. The minimum absolute atomic E-state index is 0.000767. The first-order valence-electron chi connectivity index (χ1n) is 13.2. The van der Waals surface area contributed by atoms with Crippen molar-refractivity contribution in [2.45, 2.75) is 24.8 Å². The maximum Gasteiger partial charge on any atom is 0.339 e. The van der Waals surface area contributed by atoms with Crippen LogP contribution in [0.5, 0.6) is 17.2 Å². The fourth-order valence-corrected chi connectivity index (χ4v) is 6.65. The number of esters is 1. The van der Waals surface area contributed by atoms with Crippen molar-refractivity contribution < 1.29 is 31.6 Å². The molecule has 4 aromatic rings. The molecule has 12 heteroatoms. The monoisotopic (exact) mass is 620 g/mol. The van der Waals surface area contributed by atoms with E-state index in [9.17, 15) is 18.0 Å². The number of carbonyl (C=O) groups is 1. The minimum Gasteiger partial charge on any atom is -0.497 e.